The van der Waals surface area contributed by atoms with Gasteiger partial charge in [0.25, 0.3) is 0 Å². The van der Waals surface area contributed by atoms with Crippen molar-refractivity contribution in [2.45, 2.75) is 57.1 Å². The van der Waals surface area contributed by atoms with Crippen molar-refractivity contribution in [2.24, 2.45) is 7.05 Å². The summed E-state index contributed by atoms with van der Waals surface area (Å²) in [5.41, 5.74) is -0.552. The van der Waals surface area contributed by atoms with Crippen molar-refractivity contribution in [3.05, 3.63) is 18.2 Å². The fourth-order valence-electron chi connectivity index (χ4n) is 2.75. The van der Waals surface area contributed by atoms with Gasteiger partial charge in [-0.15, -0.1) is 0 Å². The van der Waals surface area contributed by atoms with Crippen LogP contribution in [0.5, 0.6) is 0 Å². The van der Waals surface area contributed by atoms with Gasteiger partial charge in [0.2, 0.25) is 0 Å². The number of nitrogens with zero attached hydrogens (tertiary/aromatic N) is 2. The van der Waals surface area contributed by atoms with E-state index in [4.69, 9.17) is 0 Å². The molecule has 0 amide bonds. The number of aromatic nitrogens is 2. The molecule has 0 aromatic carbocycles. The van der Waals surface area contributed by atoms with Crippen LogP contribution in [0.2, 0.25) is 0 Å². The van der Waals surface area contributed by atoms with Crippen LogP contribution in [0.4, 0.5) is 0 Å². The summed E-state index contributed by atoms with van der Waals surface area (Å²) in [4.78, 5) is 4.31. The van der Waals surface area contributed by atoms with Crippen molar-refractivity contribution in [3.8, 4) is 0 Å². The van der Waals surface area contributed by atoms with E-state index in [2.05, 4.69) is 17.2 Å². The van der Waals surface area contributed by atoms with E-state index < -0.39 is 5.60 Å². The Morgan fingerprint density at radius 1 is 1.50 bits per heavy atom. The van der Waals surface area contributed by atoms with Crippen LogP contribution >= 0.6 is 0 Å². The summed E-state index contributed by atoms with van der Waals surface area (Å²) < 4.78 is 2.00. The molecule has 18 heavy (non-hydrogen) atoms. The number of rotatable bonds is 5. The smallest absolute Gasteiger partial charge is 0.111 e. The van der Waals surface area contributed by atoms with E-state index in [1.54, 1.807) is 6.20 Å². The molecule has 0 bridgehead atoms. The van der Waals surface area contributed by atoms with Crippen molar-refractivity contribution >= 4 is 0 Å². The van der Waals surface area contributed by atoms with Crippen LogP contribution in [-0.4, -0.2) is 32.8 Å². The molecule has 2 N–H and O–H groups in total. The molecule has 0 spiro atoms. The average molecular weight is 251 g/mol. The molecule has 1 aromatic heterocycles. The summed E-state index contributed by atoms with van der Waals surface area (Å²) in [5, 5.41) is 14.2. The van der Waals surface area contributed by atoms with Gasteiger partial charge in [0, 0.05) is 31.9 Å². The topological polar surface area (TPSA) is 50.1 Å². The van der Waals surface area contributed by atoms with Gasteiger partial charge in [-0.25, -0.2) is 4.98 Å². The first-order chi connectivity index (χ1) is 8.63. The van der Waals surface area contributed by atoms with Crippen LogP contribution < -0.4 is 5.32 Å². The second-order valence-corrected chi connectivity index (χ2v) is 5.58. The fraction of sp³-hybridized carbons (Fsp3) is 0.786. The number of nitrogens with one attached hydrogen (secondary N) is 1. The fourth-order valence-corrected chi connectivity index (χ4v) is 2.75. The third-order valence-electron chi connectivity index (χ3n) is 4.01. The summed E-state index contributed by atoms with van der Waals surface area (Å²) in [6, 6.07) is 0.589. The highest BCUT2D eigenvalue weighted by Crippen LogP contribution is 2.31. The number of aliphatic hydroxyl groups is 1. The Kier molecular flexibility index (Phi) is 4.40. The summed E-state index contributed by atoms with van der Waals surface area (Å²) >= 11 is 0. The first kappa shape index (κ1) is 13.6. The van der Waals surface area contributed by atoms with Crippen LogP contribution in [0.1, 0.15) is 44.9 Å². The van der Waals surface area contributed by atoms with Gasteiger partial charge in [-0.2, -0.15) is 0 Å². The largest absolute Gasteiger partial charge is 0.389 e. The normalized spacial score (nSPS) is 28.5. The van der Waals surface area contributed by atoms with E-state index in [0.717, 1.165) is 38.1 Å². The van der Waals surface area contributed by atoms with Gasteiger partial charge in [0.1, 0.15) is 5.82 Å². The van der Waals surface area contributed by atoms with Gasteiger partial charge in [-0.3, -0.25) is 0 Å². The lowest BCUT2D eigenvalue weighted by atomic mass is 9.80. The zero-order chi connectivity index (χ0) is 13.0. The van der Waals surface area contributed by atoms with Crippen LogP contribution in [0.15, 0.2) is 12.4 Å². The lowest BCUT2D eigenvalue weighted by Crippen LogP contribution is -2.43. The molecule has 1 aliphatic rings. The van der Waals surface area contributed by atoms with E-state index in [-0.39, 0.29) is 0 Å². The minimum absolute atomic E-state index is 0.552. The zero-order valence-corrected chi connectivity index (χ0v) is 11.5. The molecule has 0 atom stereocenters. The molecule has 1 saturated carbocycles. The lowest BCUT2D eigenvalue weighted by Gasteiger charge is -2.36. The number of hydrogen-bond acceptors (Lipinski definition) is 3. The zero-order valence-electron chi connectivity index (χ0n) is 11.5. The Labute approximate surface area is 109 Å². The third kappa shape index (κ3) is 3.33. The Morgan fingerprint density at radius 3 is 2.78 bits per heavy atom. The molecular formula is C14H25N3O. The highest BCUT2D eigenvalue weighted by Gasteiger charge is 2.34. The maximum Gasteiger partial charge on any atom is 0.111 e. The molecule has 4 nitrogen and oxygen atoms in total. The van der Waals surface area contributed by atoms with Gasteiger partial charge in [0.05, 0.1) is 5.60 Å². The molecule has 1 fully saturated rings. The van der Waals surface area contributed by atoms with Crippen LogP contribution in [0.25, 0.3) is 0 Å². The van der Waals surface area contributed by atoms with Crippen molar-refractivity contribution in [1.29, 1.82) is 0 Å². The van der Waals surface area contributed by atoms with E-state index in [9.17, 15) is 5.11 Å². The molecule has 1 aromatic rings. The molecule has 1 aliphatic carbocycles. The highest BCUT2D eigenvalue weighted by molar-refractivity contribution is 5.00. The Hall–Kier alpha value is -0.870. The summed E-state index contributed by atoms with van der Waals surface area (Å²) in [5.74, 6) is 0.984. The molecule has 2 rings (SSSR count). The monoisotopic (exact) mass is 251 g/mol. The summed E-state index contributed by atoms with van der Waals surface area (Å²) in [6.07, 6.45) is 9.48. The second-order valence-electron chi connectivity index (χ2n) is 5.58. The average Bonchev–Trinajstić information content (AvgIpc) is 2.74. The lowest BCUT2D eigenvalue weighted by molar-refractivity contribution is -0.00518. The maximum atomic E-state index is 10.6. The van der Waals surface area contributed by atoms with Gasteiger partial charge < -0.3 is 15.0 Å². The predicted octanol–water partition coefficient (Wildman–Crippen LogP) is 1.64. The van der Waals surface area contributed by atoms with E-state index >= 15 is 0 Å². The van der Waals surface area contributed by atoms with E-state index in [1.165, 1.54) is 6.42 Å². The molecule has 102 valence electrons. The molecule has 1 heterocycles. The van der Waals surface area contributed by atoms with Crippen LogP contribution in [0.3, 0.4) is 0 Å². The Balaban J connectivity index is 1.85. The van der Waals surface area contributed by atoms with Crippen molar-refractivity contribution < 1.29 is 5.11 Å². The van der Waals surface area contributed by atoms with Gasteiger partial charge in [-0.1, -0.05) is 6.92 Å². The van der Waals surface area contributed by atoms with E-state index in [1.807, 2.05) is 17.8 Å². The molecular weight excluding hydrogens is 226 g/mol. The van der Waals surface area contributed by atoms with E-state index in [0.29, 0.717) is 12.5 Å². The molecule has 4 heteroatoms. The molecule has 0 radical (unpaired) electrons. The van der Waals surface area contributed by atoms with Gasteiger partial charge >= 0.3 is 0 Å². The summed E-state index contributed by atoms with van der Waals surface area (Å²) in [7, 11) is 1.99. The predicted molar refractivity (Wildman–Crippen MR) is 72.4 cm³/mol. The number of hydrogen-bond donors (Lipinski definition) is 2. The van der Waals surface area contributed by atoms with Gasteiger partial charge in [-0.05, 0) is 38.6 Å². The number of imidazole rings is 1. The second kappa shape index (κ2) is 5.85. The van der Waals surface area contributed by atoms with Crippen molar-refractivity contribution in [2.75, 3.05) is 6.54 Å². The van der Waals surface area contributed by atoms with Gasteiger partial charge in [0.15, 0.2) is 0 Å². The highest BCUT2D eigenvalue weighted by atomic mass is 16.3. The molecule has 0 saturated heterocycles. The SMILES string of the molecule is CCCNC1CCC(O)(Cc2nccn2C)CC1. The summed E-state index contributed by atoms with van der Waals surface area (Å²) in [6.45, 7) is 3.27. The van der Waals surface area contributed by atoms with Crippen LogP contribution in [-0.2, 0) is 13.5 Å². The Bertz CT molecular complexity index is 367. The van der Waals surface area contributed by atoms with Crippen molar-refractivity contribution in [3.63, 3.8) is 0 Å². The standard InChI is InChI=1S/C14H25N3O/c1-3-8-15-12-4-6-14(18,7-5-12)11-13-16-9-10-17(13)2/h9-10,12,15,18H,3-8,11H2,1-2H3. The minimum Gasteiger partial charge on any atom is -0.389 e. The first-order valence-corrected chi connectivity index (χ1v) is 7.05. The quantitative estimate of drug-likeness (QED) is 0.836. The van der Waals surface area contributed by atoms with Crippen molar-refractivity contribution in [1.82, 2.24) is 14.9 Å². The molecule has 0 aliphatic heterocycles. The Morgan fingerprint density at radius 2 is 2.22 bits per heavy atom. The third-order valence-corrected chi connectivity index (χ3v) is 4.01. The first-order valence-electron chi connectivity index (χ1n) is 7.05. The molecule has 0 unspecified atom stereocenters. The van der Waals surface area contributed by atoms with Crippen LogP contribution in [0, 0.1) is 0 Å². The number of aryl methyl sites for hydroxylation is 1. The maximum absolute atomic E-state index is 10.6. The minimum atomic E-state index is -0.552.